The van der Waals surface area contributed by atoms with E-state index in [-0.39, 0.29) is 5.02 Å². The number of fused-ring (bicyclic) bond motifs is 1. The lowest BCUT2D eigenvalue weighted by molar-refractivity contribution is 0.628. The van der Waals surface area contributed by atoms with Crippen LogP contribution in [0.3, 0.4) is 0 Å². The summed E-state index contributed by atoms with van der Waals surface area (Å²) in [4.78, 5) is 12.9. The highest BCUT2D eigenvalue weighted by molar-refractivity contribution is 7.22. The highest BCUT2D eigenvalue weighted by atomic mass is 35.5. The van der Waals surface area contributed by atoms with Crippen molar-refractivity contribution in [1.29, 1.82) is 0 Å². The number of hydrogen-bond donors (Lipinski definition) is 3. The number of thiazole rings is 1. The fraction of sp³-hybridized carbons (Fsp3) is 0.0556. The number of benzene rings is 2. The third kappa shape index (κ3) is 3.62. The van der Waals surface area contributed by atoms with Crippen LogP contribution in [0, 0.1) is 12.7 Å². The van der Waals surface area contributed by atoms with E-state index in [9.17, 15) is 4.39 Å². The van der Waals surface area contributed by atoms with Gasteiger partial charge >= 0.3 is 0 Å². The monoisotopic (exact) mass is 400 g/mol. The molecule has 4 aromatic rings. The molecular formula is C18H14ClFN6S. The number of nitrogens with two attached hydrogens (primary N) is 1. The van der Waals surface area contributed by atoms with Crippen LogP contribution in [0.4, 0.5) is 32.5 Å². The summed E-state index contributed by atoms with van der Waals surface area (Å²) in [6.45, 7) is 2.04. The Morgan fingerprint density at radius 3 is 2.63 bits per heavy atom. The first kappa shape index (κ1) is 17.4. The molecule has 4 N–H and O–H groups in total. The summed E-state index contributed by atoms with van der Waals surface area (Å²) >= 11 is 7.32. The van der Waals surface area contributed by atoms with Crippen LogP contribution in [0.1, 0.15) is 5.56 Å². The van der Waals surface area contributed by atoms with E-state index in [2.05, 4.69) is 31.7 Å². The molecule has 0 unspecified atom stereocenters. The Bertz CT molecular complexity index is 1150. The molecule has 0 spiro atoms. The zero-order valence-corrected chi connectivity index (χ0v) is 15.7. The third-order valence-corrected chi connectivity index (χ3v) is 5.06. The van der Waals surface area contributed by atoms with Crippen molar-refractivity contribution in [2.24, 2.45) is 0 Å². The first-order chi connectivity index (χ1) is 13.0. The van der Waals surface area contributed by atoms with Crippen molar-refractivity contribution < 1.29 is 4.39 Å². The van der Waals surface area contributed by atoms with Crippen molar-refractivity contribution >= 4 is 61.3 Å². The lowest BCUT2D eigenvalue weighted by Gasteiger charge is -2.11. The smallest absolute Gasteiger partial charge is 0.189 e. The Balaban J connectivity index is 1.61. The van der Waals surface area contributed by atoms with Gasteiger partial charge in [-0.2, -0.15) is 0 Å². The van der Waals surface area contributed by atoms with Gasteiger partial charge in [-0.1, -0.05) is 29.0 Å². The number of aryl methyl sites for hydroxylation is 1. The molecule has 0 aliphatic carbocycles. The normalized spacial score (nSPS) is 10.9. The second-order valence-electron chi connectivity index (χ2n) is 5.85. The zero-order valence-electron chi connectivity index (χ0n) is 14.1. The van der Waals surface area contributed by atoms with Gasteiger partial charge in [0.25, 0.3) is 0 Å². The van der Waals surface area contributed by atoms with E-state index >= 15 is 0 Å². The third-order valence-electron chi connectivity index (χ3n) is 3.84. The molecule has 2 heterocycles. The Morgan fingerprint density at radius 2 is 1.85 bits per heavy atom. The molecule has 0 saturated heterocycles. The van der Waals surface area contributed by atoms with Crippen molar-refractivity contribution in [2.75, 3.05) is 16.4 Å². The molecule has 2 aromatic carbocycles. The quantitative estimate of drug-likeness (QED) is 0.433. The number of halogens is 2. The van der Waals surface area contributed by atoms with Crippen LogP contribution in [0.15, 0.2) is 42.7 Å². The van der Waals surface area contributed by atoms with Crippen molar-refractivity contribution in [3.63, 3.8) is 0 Å². The number of nitrogens with zero attached hydrogens (tertiary/aromatic N) is 3. The first-order valence-electron chi connectivity index (χ1n) is 7.96. The average molecular weight is 401 g/mol. The molecule has 4 rings (SSSR count). The second kappa shape index (κ2) is 6.98. The summed E-state index contributed by atoms with van der Waals surface area (Å²) in [5, 5.41) is 6.84. The summed E-state index contributed by atoms with van der Waals surface area (Å²) in [6.07, 6.45) is 1.38. The predicted molar refractivity (Wildman–Crippen MR) is 109 cm³/mol. The maximum atomic E-state index is 13.3. The maximum Gasteiger partial charge on any atom is 0.189 e. The van der Waals surface area contributed by atoms with Crippen LogP contribution in [-0.2, 0) is 0 Å². The van der Waals surface area contributed by atoms with Gasteiger partial charge in [-0.25, -0.2) is 19.3 Å². The minimum atomic E-state index is -0.494. The number of nitrogen functional groups attached to an aromatic ring is 1. The van der Waals surface area contributed by atoms with E-state index in [0.29, 0.717) is 28.1 Å². The van der Waals surface area contributed by atoms with E-state index < -0.39 is 5.82 Å². The van der Waals surface area contributed by atoms with Crippen LogP contribution in [0.5, 0.6) is 0 Å². The second-order valence-corrected chi connectivity index (χ2v) is 7.29. The van der Waals surface area contributed by atoms with Gasteiger partial charge in [0.2, 0.25) is 0 Å². The maximum absolute atomic E-state index is 13.3. The molecule has 2 aromatic heterocycles. The van der Waals surface area contributed by atoms with Crippen LogP contribution in [0.2, 0.25) is 5.02 Å². The first-order valence-corrected chi connectivity index (χ1v) is 9.16. The topological polar surface area (TPSA) is 88.8 Å². The van der Waals surface area contributed by atoms with Crippen LogP contribution < -0.4 is 16.4 Å². The molecular weight excluding hydrogens is 387 g/mol. The van der Waals surface area contributed by atoms with Gasteiger partial charge in [0.15, 0.2) is 16.8 Å². The highest BCUT2D eigenvalue weighted by Gasteiger charge is 2.12. The van der Waals surface area contributed by atoms with Crippen LogP contribution in [-0.4, -0.2) is 15.0 Å². The van der Waals surface area contributed by atoms with Gasteiger partial charge in [-0.05, 0) is 42.8 Å². The molecule has 0 amide bonds. The largest absolute Gasteiger partial charge is 0.393 e. The SMILES string of the molecule is Cc1ccc2nc(Nc3ncnc(Nc4ccc(F)c(Cl)c4)c3N)sc2c1. The van der Waals surface area contributed by atoms with E-state index in [4.69, 9.17) is 17.3 Å². The van der Waals surface area contributed by atoms with E-state index in [1.165, 1.54) is 35.4 Å². The summed E-state index contributed by atoms with van der Waals surface area (Å²) in [7, 11) is 0. The number of nitrogens with one attached hydrogen (secondary N) is 2. The molecule has 6 nitrogen and oxygen atoms in total. The molecule has 136 valence electrons. The van der Waals surface area contributed by atoms with Gasteiger partial charge in [0.05, 0.1) is 15.2 Å². The summed E-state index contributed by atoms with van der Waals surface area (Å²) < 4.78 is 14.4. The average Bonchev–Trinajstić information content (AvgIpc) is 3.03. The standard InChI is InChI=1S/C18H14ClFN6S/c1-9-2-5-13-14(6-9)27-18(25-13)26-17-15(21)16(22-8-23-17)24-10-3-4-12(20)11(19)7-10/h2-8H,21H2,1H3,(H2,22,23,24,25,26). The van der Waals surface area contributed by atoms with Crippen molar-refractivity contribution in [1.82, 2.24) is 15.0 Å². The lowest BCUT2D eigenvalue weighted by atomic mass is 10.2. The highest BCUT2D eigenvalue weighted by Crippen LogP contribution is 2.32. The summed E-state index contributed by atoms with van der Waals surface area (Å²) in [5.41, 5.74) is 9.13. The Kier molecular flexibility index (Phi) is 4.51. The molecule has 0 fully saturated rings. The molecule has 0 saturated carbocycles. The van der Waals surface area contributed by atoms with Gasteiger partial charge < -0.3 is 16.4 Å². The van der Waals surface area contributed by atoms with Gasteiger partial charge in [0, 0.05) is 5.69 Å². The molecule has 0 atom stereocenters. The van der Waals surface area contributed by atoms with Crippen molar-refractivity contribution in [3.05, 3.63) is 59.1 Å². The Morgan fingerprint density at radius 1 is 1.07 bits per heavy atom. The van der Waals surface area contributed by atoms with Crippen molar-refractivity contribution in [3.8, 4) is 0 Å². The van der Waals surface area contributed by atoms with Gasteiger partial charge in [0.1, 0.15) is 17.8 Å². The molecule has 0 aliphatic heterocycles. The van der Waals surface area contributed by atoms with E-state index in [1.54, 1.807) is 6.07 Å². The van der Waals surface area contributed by atoms with E-state index in [1.807, 2.05) is 19.1 Å². The number of rotatable bonds is 4. The summed E-state index contributed by atoms with van der Waals surface area (Å²) in [6, 6.07) is 10.3. The minimum absolute atomic E-state index is 0.00995. The zero-order chi connectivity index (χ0) is 19.0. The fourth-order valence-corrected chi connectivity index (χ4v) is 3.64. The van der Waals surface area contributed by atoms with Crippen LogP contribution in [0.25, 0.3) is 10.2 Å². The van der Waals surface area contributed by atoms with Gasteiger partial charge in [-0.15, -0.1) is 0 Å². The minimum Gasteiger partial charge on any atom is -0.393 e. The Hall–Kier alpha value is -2.97. The molecule has 9 heteroatoms. The Labute approximate surface area is 163 Å². The number of anilines is 5. The molecule has 0 bridgehead atoms. The summed E-state index contributed by atoms with van der Waals surface area (Å²) in [5.74, 6) is 0.315. The van der Waals surface area contributed by atoms with Crippen LogP contribution >= 0.6 is 22.9 Å². The van der Waals surface area contributed by atoms with Gasteiger partial charge in [-0.3, -0.25) is 0 Å². The molecule has 27 heavy (non-hydrogen) atoms. The molecule has 0 radical (unpaired) electrons. The fourth-order valence-electron chi connectivity index (χ4n) is 2.49. The van der Waals surface area contributed by atoms with E-state index in [0.717, 1.165) is 10.2 Å². The number of aromatic nitrogens is 3. The van der Waals surface area contributed by atoms with Crippen molar-refractivity contribution in [2.45, 2.75) is 6.92 Å². The predicted octanol–water partition coefficient (Wildman–Crippen LogP) is 5.26. The number of hydrogen-bond acceptors (Lipinski definition) is 7. The lowest BCUT2D eigenvalue weighted by Crippen LogP contribution is -2.05. The molecule has 0 aliphatic rings.